The maximum absolute atomic E-state index is 13.4. The average Bonchev–Trinajstić information content (AvgIpc) is 2.81. The van der Waals surface area contributed by atoms with Gasteiger partial charge in [-0.3, -0.25) is 14.8 Å². The summed E-state index contributed by atoms with van der Waals surface area (Å²) in [5.74, 6) is -1.46. The Balaban J connectivity index is 1.92. The molecule has 2 aromatic carbocycles. The summed E-state index contributed by atoms with van der Waals surface area (Å²) in [5, 5.41) is 4.88. The van der Waals surface area contributed by atoms with Gasteiger partial charge in [0.05, 0.1) is 23.9 Å². The minimum atomic E-state index is -4.67. The van der Waals surface area contributed by atoms with Gasteiger partial charge in [-0.05, 0) is 48.0 Å². The number of sulfonamides is 1. The largest absolute Gasteiger partial charge is 0.416 e. The van der Waals surface area contributed by atoms with Crippen molar-refractivity contribution in [3.63, 3.8) is 0 Å². The first kappa shape index (κ1) is 28.4. The van der Waals surface area contributed by atoms with E-state index in [4.69, 9.17) is 0 Å². The Morgan fingerprint density at radius 2 is 1.50 bits per heavy atom. The summed E-state index contributed by atoms with van der Waals surface area (Å²) < 4.78 is 104. The van der Waals surface area contributed by atoms with Gasteiger partial charge in [0, 0.05) is 5.56 Å². The summed E-state index contributed by atoms with van der Waals surface area (Å²) in [5.41, 5.74) is -2.34. The standard InChI is InChI=1S/C23H19F6N5O3S/c1-38(36,37)34-19-8-4-7-18(31-19)32-21(30-13-15-5-2-3-6-17(15)23(27,28)29)33-20(35)14-9-11-16(12-10-14)22(24,25)26/h2-12H,13H2,1H3,(H3,30,31,32,33,34,35). The molecule has 1 aromatic heterocycles. The number of carbonyl (C=O) groups excluding carboxylic acids is 1. The van der Waals surface area contributed by atoms with Gasteiger partial charge in [-0.15, -0.1) is 0 Å². The number of benzene rings is 2. The van der Waals surface area contributed by atoms with Gasteiger partial charge in [0.1, 0.15) is 11.6 Å². The van der Waals surface area contributed by atoms with E-state index in [0.717, 1.165) is 24.5 Å². The molecule has 0 saturated heterocycles. The number of alkyl halides is 6. The van der Waals surface area contributed by atoms with Crippen molar-refractivity contribution in [1.29, 1.82) is 0 Å². The van der Waals surface area contributed by atoms with Crippen molar-refractivity contribution >= 4 is 33.5 Å². The number of rotatable bonds is 6. The van der Waals surface area contributed by atoms with Crippen LogP contribution in [0.3, 0.4) is 0 Å². The summed E-state index contributed by atoms with van der Waals surface area (Å²) in [6.07, 6.45) is -8.40. The molecule has 8 nitrogen and oxygen atoms in total. The quantitative estimate of drug-likeness (QED) is 0.226. The van der Waals surface area contributed by atoms with E-state index in [1.54, 1.807) is 0 Å². The second-order valence-electron chi connectivity index (χ2n) is 7.76. The van der Waals surface area contributed by atoms with Crippen molar-refractivity contribution in [2.45, 2.75) is 18.9 Å². The van der Waals surface area contributed by atoms with Crippen LogP contribution in [0, 0.1) is 0 Å². The highest BCUT2D eigenvalue weighted by molar-refractivity contribution is 7.92. The fraction of sp³-hybridized carbons (Fsp3) is 0.174. The fourth-order valence-electron chi connectivity index (χ4n) is 3.07. The van der Waals surface area contributed by atoms with Gasteiger partial charge in [-0.1, -0.05) is 24.3 Å². The summed E-state index contributed by atoms with van der Waals surface area (Å²) in [4.78, 5) is 20.7. The van der Waals surface area contributed by atoms with E-state index < -0.39 is 51.9 Å². The summed E-state index contributed by atoms with van der Waals surface area (Å²) in [6, 6.07) is 11.9. The molecule has 0 saturated carbocycles. The lowest BCUT2D eigenvalue weighted by Crippen LogP contribution is -2.36. The molecule has 202 valence electrons. The molecule has 38 heavy (non-hydrogen) atoms. The number of nitrogens with one attached hydrogen (secondary N) is 3. The first-order valence-electron chi connectivity index (χ1n) is 10.5. The number of aliphatic imine (C=N–C) groups is 1. The van der Waals surface area contributed by atoms with Gasteiger partial charge in [-0.25, -0.2) is 18.4 Å². The van der Waals surface area contributed by atoms with Crippen molar-refractivity contribution in [2.75, 3.05) is 16.3 Å². The van der Waals surface area contributed by atoms with Gasteiger partial charge in [0.15, 0.2) is 0 Å². The van der Waals surface area contributed by atoms with E-state index in [2.05, 4.69) is 25.3 Å². The molecule has 0 aliphatic heterocycles. The van der Waals surface area contributed by atoms with Crippen molar-refractivity contribution in [3.05, 3.63) is 89.0 Å². The number of halogens is 6. The van der Waals surface area contributed by atoms with Crippen LogP contribution >= 0.6 is 0 Å². The van der Waals surface area contributed by atoms with E-state index in [-0.39, 0.29) is 22.8 Å². The second kappa shape index (κ2) is 11.1. The number of nitrogens with zero attached hydrogens (tertiary/aromatic N) is 2. The number of hydrogen-bond acceptors (Lipinski definition) is 5. The molecular formula is C23H19F6N5O3S. The molecule has 1 heterocycles. The molecule has 3 aromatic rings. The Labute approximate surface area is 212 Å². The van der Waals surface area contributed by atoms with Crippen molar-refractivity contribution in [1.82, 2.24) is 10.3 Å². The van der Waals surface area contributed by atoms with Crippen LogP contribution in [0.2, 0.25) is 0 Å². The highest BCUT2D eigenvalue weighted by Crippen LogP contribution is 2.32. The zero-order valence-corrected chi connectivity index (χ0v) is 20.2. The Morgan fingerprint density at radius 1 is 0.868 bits per heavy atom. The topological polar surface area (TPSA) is 113 Å². The molecule has 0 bridgehead atoms. The minimum Gasteiger partial charge on any atom is -0.311 e. The van der Waals surface area contributed by atoms with Gasteiger partial charge in [0.25, 0.3) is 5.91 Å². The molecule has 0 unspecified atom stereocenters. The lowest BCUT2D eigenvalue weighted by molar-refractivity contribution is -0.138. The molecule has 0 spiro atoms. The monoisotopic (exact) mass is 559 g/mol. The van der Waals surface area contributed by atoms with Crippen LogP contribution in [0.5, 0.6) is 0 Å². The highest BCUT2D eigenvalue weighted by Gasteiger charge is 2.33. The average molecular weight is 559 g/mol. The molecule has 3 rings (SSSR count). The molecule has 3 N–H and O–H groups in total. The SMILES string of the molecule is CS(=O)(=O)Nc1cccc(NC(=NCc2ccccc2C(F)(F)F)NC(=O)c2ccc(C(F)(F)F)cc2)n1. The van der Waals surface area contributed by atoms with Gasteiger partial charge in [-0.2, -0.15) is 26.3 Å². The van der Waals surface area contributed by atoms with Crippen molar-refractivity contribution in [3.8, 4) is 0 Å². The van der Waals surface area contributed by atoms with Crippen molar-refractivity contribution in [2.24, 2.45) is 4.99 Å². The lowest BCUT2D eigenvalue weighted by atomic mass is 10.1. The van der Waals surface area contributed by atoms with Crippen LogP contribution in [0.1, 0.15) is 27.0 Å². The summed E-state index contributed by atoms with van der Waals surface area (Å²) in [7, 11) is -3.68. The zero-order valence-electron chi connectivity index (χ0n) is 19.4. The Kier molecular flexibility index (Phi) is 8.29. The van der Waals surface area contributed by atoms with Crippen LogP contribution in [0.4, 0.5) is 38.0 Å². The number of pyridine rings is 1. The molecule has 1 amide bonds. The Bertz CT molecular complexity index is 1440. The van der Waals surface area contributed by atoms with Crippen LogP contribution in [-0.2, 0) is 28.9 Å². The van der Waals surface area contributed by atoms with Crippen LogP contribution in [0.25, 0.3) is 0 Å². The summed E-state index contributed by atoms with van der Waals surface area (Å²) >= 11 is 0. The number of hydrogen-bond donors (Lipinski definition) is 3. The molecule has 0 aliphatic carbocycles. The van der Waals surface area contributed by atoms with Crippen LogP contribution in [-0.4, -0.2) is 31.5 Å². The van der Waals surface area contributed by atoms with Gasteiger partial charge < -0.3 is 5.32 Å². The third-order valence-electron chi connectivity index (χ3n) is 4.72. The maximum atomic E-state index is 13.4. The second-order valence-corrected chi connectivity index (χ2v) is 9.50. The third kappa shape index (κ3) is 8.19. The predicted octanol–water partition coefficient (Wildman–Crippen LogP) is 4.89. The molecule has 0 fully saturated rings. The molecule has 0 aliphatic rings. The minimum absolute atomic E-state index is 0.0470. The van der Waals surface area contributed by atoms with E-state index >= 15 is 0 Å². The van der Waals surface area contributed by atoms with Gasteiger partial charge in [0.2, 0.25) is 16.0 Å². The number of carbonyl (C=O) groups is 1. The lowest BCUT2D eigenvalue weighted by Gasteiger charge is -2.14. The molecule has 0 radical (unpaired) electrons. The molecule has 15 heteroatoms. The molecular weight excluding hydrogens is 540 g/mol. The molecule has 0 atom stereocenters. The smallest absolute Gasteiger partial charge is 0.311 e. The fourth-order valence-corrected chi connectivity index (χ4v) is 3.57. The van der Waals surface area contributed by atoms with Crippen LogP contribution < -0.4 is 15.4 Å². The maximum Gasteiger partial charge on any atom is 0.416 e. The third-order valence-corrected chi connectivity index (χ3v) is 5.30. The van der Waals surface area contributed by atoms with Crippen LogP contribution in [0.15, 0.2) is 71.7 Å². The number of amides is 1. The predicted molar refractivity (Wildman–Crippen MR) is 128 cm³/mol. The van der Waals surface area contributed by atoms with E-state index in [1.165, 1.54) is 36.4 Å². The Hall–Kier alpha value is -4.14. The first-order chi connectivity index (χ1) is 17.6. The van der Waals surface area contributed by atoms with E-state index in [9.17, 15) is 39.6 Å². The highest BCUT2D eigenvalue weighted by atomic mass is 32.2. The Morgan fingerprint density at radius 3 is 2.11 bits per heavy atom. The van der Waals surface area contributed by atoms with Gasteiger partial charge >= 0.3 is 12.4 Å². The number of aromatic nitrogens is 1. The van der Waals surface area contributed by atoms with E-state index in [0.29, 0.717) is 12.1 Å². The summed E-state index contributed by atoms with van der Waals surface area (Å²) in [6.45, 7) is -0.549. The van der Waals surface area contributed by atoms with Crippen molar-refractivity contribution < 1.29 is 39.6 Å². The zero-order chi connectivity index (χ0) is 28.1. The first-order valence-corrected chi connectivity index (χ1v) is 12.4. The normalized spacial score (nSPS) is 12.7. The number of anilines is 2. The number of guanidine groups is 1. The van der Waals surface area contributed by atoms with E-state index in [1.807, 2.05) is 0 Å².